The van der Waals surface area contributed by atoms with Crippen LogP contribution in [0.4, 0.5) is 0 Å². The van der Waals surface area contributed by atoms with Gasteiger partial charge in [-0.15, -0.1) is 0 Å². The summed E-state index contributed by atoms with van der Waals surface area (Å²) in [5, 5.41) is 0. The Kier molecular flexibility index (Phi) is 1.72. The van der Waals surface area contributed by atoms with Crippen molar-refractivity contribution >= 4 is 5.78 Å². The number of nitrogens with two attached hydrogens (primary N) is 1. The Morgan fingerprint density at radius 2 is 1.82 bits per heavy atom. The summed E-state index contributed by atoms with van der Waals surface area (Å²) in [5.74, 6) is 1.28. The van der Waals surface area contributed by atoms with E-state index in [0.717, 1.165) is 25.7 Å². The van der Waals surface area contributed by atoms with Crippen molar-refractivity contribution < 1.29 is 4.79 Å². The highest BCUT2D eigenvalue weighted by Crippen LogP contribution is 2.36. The molecule has 0 amide bonds. The third kappa shape index (κ3) is 1.20. The summed E-state index contributed by atoms with van der Waals surface area (Å²) in [5.41, 5.74) is 5.61. The van der Waals surface area contributed by atoms with Gasteiger partial charge in [0.05, 0.1) is 0 Å². The van der Waals surface area contributed by atoms with Crippen LogP contribution < -0.4 is 5.73 Å². The fourth-order valence-corrected chi connectivity index (χ4v) is 1.92. The van der Waals surface area contributed by atoms with Gasteiger partial charge in [-0.05, 0) is 25.7 Å². The van der Waals surface area contributed by atoms with E-state index in [2.05, 4.69) is 0 Å². The number of carbonyl (C=O) groups is 1. The smallest absolute Gasteiger partial charge is 0.139 e. The van der Waals surface area contributed by atoms with E-state index in [0.29, 0.717) is 23.7 Å². The molecule has 2 aliphatic carbocycles. The summed E-state index contributed by atoms with van der Waals surface area (Å²) in [6.45, 7) is 0. The number of ketones is 1. The van der Waals surface area contributed by atoms with Crippen molar-refractivity contribution in [2.45, 2.75) is 38.1 Å². The van der Waals surface area contributed by atoms with Crippen molar-refractivity contribution in [1.29, 1.82) is 0 Å². The minimum atomic E-state index is 0.323. The molecule has 2 aliphatic rings. The van der Waals surface area contributed by atoms with E-state index in [9.17, 15) is 4.79 Å². The molecule has 0 radical (unpaired) electrons. The second-order valence-corrected chi connectivity index (χ2v) is 3.96. The van der Waals surface area contributed by atoms with E-state index >= 15 is 0 Å². The molecule has 62 valence electrons. The van der Waals surface area contributed by atoms with E-state index < -0.39 is 0 Å². The minimum Gasteiger partial charge on any atom is -0.328 e. The largest absolute Gasteiger partial charge is 0.328 e. The van der Waals surface area contributed by atoms with E-state index in [1.54, 1.807) is 0 Å². The van der Waals surface area contributed by atoms with Crippen LogP contribution in [0.3, 0.4) is 0 Å². The fraction of sp³-hybridized carbons (Fsp3) is 0.889. The molecule has 2 rings (SSSR count). The number of hydrogen-bond donors (Lipinski definition) is 1. The SMILES string of the molecule is NC1CC(C(=O)C2CCC2)C1. The van der Waals surface area contributed by atoms with Crippen LogP contribution in [0.2, 0.25) is 0 Å². The monoisotopic (exact) mass is 153 g/mol. The second kappa shape index (κ2) is 2.59. The third-order valence-corrected chi connectivity index (χ3v) is 3.08. The first-order valence-electron chi connectivity index (χ1n) is 4.56. The Labute approximate surface area is 67.1 Å². The van der Waals surface area contributed by atoms with E-state index in [-0.39, 0.29) is 0 Å². The van der Waals surface area contributed by atoms with Gasteiger partial charge in [0.15, 0.2) is 0 Å². The van der Waals surface area contributed by atoms with Gasteiger partial charge in [0.1, 0.15) is 5.78 Å². The van der Waals surface area contributed by atoms with Crippen LogP contribution in [0.25, 0.3) is 0 Å². The summed E-state index contributed by atoms with van der Waals surface area (Å²) in [6, 6.07) is 0.323. The predicted molar refractivity (Wildman–Crippen MR) is 43.0 cm³/mol. The van der Waals surface area contributed by atoms with Crippen molar-refractivity contribution in [3.63, 3.8) is 0 Å². The fourth-order valence-electron chi connectivity index (χ4n) is 1.92. The lowest BCUT2D eigenvalue weighted by atomic mass is 9.69. The van der Waals surface area contributed by atoms with Crippen molar-refractivity contribution in [2.24, 2.45) is 17.6 Å². The van der Waals surface area contributed by atoms with Gasteiger partial charge < -0.3 is 5.73 Å². The van der Waals surface area contributed by atoms with Gasteiger partial charge in [-0.1, -0.05) is 6.42 Å². The molecular weight excluding hydrogens is 138 g/mol. The lowest BCUT2D eigenvalue weighted by Gasteiger charge is -2.36. The zero-order chi connectivity index (χ0) is 7.84. The quantitative estimate of drug-likeness (QED) is 0.645. The lowest BCUT2D eigenvalue weighted by Crippen LogP contribution is -2.43. The molecule has 0 aromatic heterocycles. The molecule has 11 heavy (non-hydrogen) atoms. The predicted octanol–water partition coefficient (Wildman–Crippen LogP) is 1.09. The van der Waals surface area contributed by atoms with Crippen LogP contribution in [0.15, 0.2) is 0 Å². The van der Waals surface area contributed by atoms with E-state index in [1.165, 1.54) is 6.42 Å². The lowest BCUT2D eigenvalue weighted by molar-refractivity contribution is -0.132. The summed E-state index contributed by atoms with van der Waals surface area (Å²) in [4.78, 5) is 11.5. The highest BCUT2D eigenvalue weighted by Gasteiger charge is 2.37. The normalized spacial score (nSPS) is 37.5. The maximum absolute atomic E-state index is 11.5. The van der Waals surface area contributed by atoms with E-state index in [4.69, 9.17) is 5.73 Å². The highest BCUT2D eigenvalue weighted by atomic mass is 16.1. The molecule has 2 saturated carbocycles. The molecular formula is C9H15NO. The average Bonchev–Trinajstić information content (AvgIpc) is 1.76. The summed E-state index contributed by atoms with van der Waals surface area (Å²) >= 11 is 0. The Bertz CT molecular complexity index is 168. The summed E-state index contributed by atoms with van der Waals surface area (Å²) in [6.07, 6.45) is 5.45. The zero-order valence-corrected chi connectivity index (χ0v) is 6.75. The molecule has 0 unspecified atom stereocenters. The third-order valence-electron chi connectivity index (χ3n) is 3.08. The van der Waals surface area contributed by atoms with Crippen LogP contribution in [0.5, 0.6) is 0 Å². The first-order valence-corrected chi connectivity index (χ1v) is 4.56. The van der Waals surface area contributed by atoms with Gasteiger partial charge in [-0.3, -0.25) is 4.79 Å². The number of rotatable bonds is 2. The van der Waals surface area contributed by atoms with Gasteiger partial charge in [0, 0.05) is 17.9 Å². The maximum Gasteiger partial charge on any atom is 0.139 e. The van der Waals surface area contributed by atoms with Crippen molar-refractivity contribution in [2.75, 3.05) is 0 Å². The standard InChI is InChI=1S/C9H15NO/c10-8-4-7(5-8)9(11)6-2-1-3-6/h6-8H,1-5,10H2. The Morgan fingerprint density at radius 1 is 1.18 bits per heavy atom. The van der Waals surface area contributed by atoms with Crippen molar-refractivity contribution in [3.05, 3.63) is 0 Å². The van der Waals surface area contributed by atoms with Crippen LogP contribution in [0, 0.1) is 11.8 Å². The van der Waals surface area contributed by atoms with Gasteiger partial charge in [0.2, 0.25) is 0 Å². The van der Waals surface area contributed by atoms with Gasteiger partial charge in [-0.25, -0.2) is 0 Å². The molecule has 0 spiro atoms. The minimum absolute atomic E-state index is 0.323. The molecule has 0 heterocycles. The van der Waals surface area contributed by atoms with Gasteiger partial charge in [0.25, 0.3) is 0 Å². The number of hydrogen-bond acceptors (Lipinski definition) is 2. The van der Waals surface area contributed by atoms with Gasteiger partial charge >= 0.3 is 0 Å². The van der Waals surface area contributed by atoms with Crippen LogP contribution in [-0.2, 0) is 4.79 Å². The second-order valence-electron chi connectivity index (χ2n) is 3.96. The molecule has 0 aromatic carbocycles. The molecule has 0 bridgehead atoms. The molecule has 0 saturated heterocycles. The Morgan fingerprint density at radius 3 is 2.18 bits per heavy atom. The maximum atomic E-state index is 11.5. The summed E-state index contributed by atoms with van der Waals surface area (Å²) < 4.78 is 0. The van der Waals surface area contributed by atoms with Crippen LogP contribution >= 0.6 is 0 Å². The van der Waals surface area contributed by atoms with Crippen LogP contribution in [0.1, 0.15) is 32.1 Å². The molecule has 2 N–H and O–H groups in total. The molecule has 2 heteroatoms. The molecule has 2 nitrogen and oxygen atoms in total. The Balaban J connectivity index is 1.81. The highest BCUT2D eigenvalue weighted by molar-refractivity contribution is 5.85. The van der Waals surface area contributed by atoms with Gasteiger partial charge in [-0.2, -0.15) is 0 Å². The van der Waals surface area contributed by atoms with Crippen LogP contribution in [-0.4, -0.2) is 11.8 Å². The first-order chi connectivity index (χ1) is 5.27. The number of carbonyl (C=O) groups excluding carboxylic acids is 1. The average molecular weight is 153 g/mol. The number of Topliss-reactive ketones (excluding diaryl/α,β-unsaturated/α-hetero) is 1. The Hall–Kier alpha value is -0.370. The first kappa shape index (κ1) is 7.29. The molecule has 0 aromatic rings. The molecule has 2 fully saturated rings. The topological polar surface area (TPSA) is 43.1 Å². The summed E-state index contributed by atoms with van der Waals surface area (Å²) in [7, 11) is 0. The van der Waals surface area contributed by atoms with Crippen molar-refractivity contribution in [3.8, 4) is 0 Å². The molecule has 0 aliphatic heterocycles. The van der Waals surface area contributed by atoms with Crippen molar-refractivity contribution in [1.82, 2.24) is 0 Å². The molecule has 0 atom stereocenters. The zero-order valence-electron chi connectivity index (χ0n) is 6.75. The van der Waals surface area contributed by atoms with E-state index in [1.807, 2.05) is 0 Å².